The van der Waals surface area contributed by atoms with E-state index < -0.39 is 23.6 Å². The molecule has 0 saturated carbocycles. The van der Waals surface area contributed by atoms with Crippen LogP contribution in [0.3, 0.4) is 0 Å². The highest BCUT2D eigenvalue weighted by atomic mass is 35.5. The maximum absolute atomic E-state index is 14.0. The van der Waals surface area contributed by atoms with Crippen molar-refractivity contribution < 1.29 is 29.0 Å². The second kappa shape index (κ2) is 23.1. The fraction of sp³-hybridized carbons (Fsp3) is 0.422. The van der Waals surface area contributed by atoms with Crippen LogP contribution < -0.4 is 37.5 Å². The highest BCUT2D eigenvalue weighted by Crippen LogP contribution is 2.30. The number of nitrogens with one attached hydrogen (secondary N) is 4. The molecule has 15 nitrogen and oxygen atoms in total. The van der Waals surface area contributed by atoms with Gasteiger partial charge in [-0.1, -0.05) is 70.0 Å². The van der Waals surface area contributed by atoms with E-state index in [4.69, 9.17) is 16.2 Å². The quantitative estimate of drug-likeness (QED) is 0.0370. The summed E-state index contributed by atoms with van der Waals surface area (Å²) in [7, 11) is 1.46. The van der Waals surface area contributed by atoms with Gasteiger partial charge in [0.25, 0.3) is 5.91 Å². The van der Waals surface area contributed by atoms with Crippen LogP contribution in [0.5, 0.6) is 5.75 Å². The van der Waals surface area contributed by atoms with E-state index >= 15 is 0 Å². The van der Waals surface area contributed by atoms with Gasteiger partial charge in [-0.2, -0.15) is 0 Å². The lowest BCUT2D eigenvalue weighted by Crippen LogP contribution is -2.56. The second-order valence-electron chi connectivity index (χ2n) is 16.3. The second-order valence-corrected chi connectivity index (χ2v) is 17.2. The molecule has 0 spiro atoms. The minimum Gasteiger partial charge on any atom is -0.494 e. The number of halogens is 1. The zero-order valence-corrected chi connectivity index (χ0v) is 37.7. The van der Waals surface area contributed by atoms with Gasteiger partial charge in [0.1, 0.15) is 17.5 Å². The van der Waals surface area contributed by atoms with Crippen LogP contribution in [0, 0.1) is 12.3 Å². The number of amides is 4. The molecule has 0 bridgehead atoms. The summed E-state index contributed by atoms with van der Waals surface area (Å²) in [4.78, 5) is 63.8. The number of aliphatic imine (C=N–C) groups is 1. The Bertz CT molecular complexity index is 2150. The van der Waals surface area contributed by atoms with Crippen molar-refractivity contribution in [2.24, 2.45) is 21.9 Å². The third-order valence-corrected chi connectivity index (χ3v) is 11.4. The number of guanidine groups is 1. The Morgan fingerprint density at radius 1 is 0.952 bits per heavy atom. The first-order chi connectivity index (χ1) is 29.1. The third kappa shape index (κ3) is 14.0. The molecule has 334 valence electrons. The number of rotatable bonds is 19. The van der Waals surface area contributed by atoms with E-state index in [-0.39, 0.29) is 61.4 Å². The standard InChI is InChI=1S/C45H59N9O6S.ClH/c1-28-39(61-27-51-28)31-14-10-30(11-15-31)25-50-42(58)36-24-34(55)26-54(36)43(59)40(45(2,3)4)49-21-9-7-6-8-20-48-38(56)22-29-12-17-33(18-13-29)52-41(57)32-16-19-35(53-44(46)47)37(23-32)60-5;/h10-19,23,27,34,36,40,49,55H,6-9,20-22,24-26H2,1-5H3,(H,48,56)(H,50,58)(H,52,57)(H4,46,47,53);1H/t34-,36+,40-;/m1./s1. The topological polar surface area (TPSA) is 226 Å². The van der Waals surface area contributed by atoms with Gasteiger partial charge in [-0.3, -0.25) is 19.2 Å². The summed E-state index contributed by atoms with van der Waals surface area (Å²) >= 11 is 1.59. The number of aryl methyl sites for hydroxylation is 1. The number of aliphatic hydroxyl groups is 1. The number of carbonyl (C=O) groups is 4. The Morgan fingerprint density at radius 3 is 2.26 bits per heavy atom. The van der Waals surface area contributed by atoms with Crippen molar-refractivity contribution in [3.05, 3.63) is 94.6 Å². The Labute approximate surface area is 373 Å². The maximum Gasteiger partial charge on any atom is 0.255 e. The van der Waals surface area contributed by atoms with E-state index in [0.717, 1.165) is 52.9 Å². The van der Waals surface area contributed by atoms with E-state index in [1.54, 1.807) is 53.8 Å². The van der Waals surface area contributed by atoms with E-state index in [1.165, 1.54) is 12.0 Å². The summed E-state index contributed by atoms with van der Waals surface area (Å²) in [5.74, 6) is -0.665. The number of ether oxygens (including phenoxy) is 1. The number of thiazole rings is 1. The van der Waals surface area contributed by atoms with Crippen LogP contribution in [0.1, 0.15) is 80.1 Å². The zero-order valence-electron chi connectivity index (χ0n) is 36.0. The summed E-state index contributed by atoms with van der Waals surface area (Å²) in [5, 5.41) is 22.8. The van der Waals surface area contributed by atoms with Gasteiger partial charge in [0, 0.05) is 37.3 Å². The molecule has 1 aliphatic rings. The number of hydrogen-bond donors (Lipinski definition) is 7. The molecule has 62 heavy (non-hydrogen) atoms. The largest absolute Gasteiger partial charge is 0.494 e. The number of β-amino-alcohol motifs (C(OH)–C–C–N with tert-alkyl or cyclic N) is 1. The average Bonchev–Trinajstić information content (AvgIpc) is 3.84. The van der Waals surface area contributed by atoms with Crippen molar-refractivity contribution >= 4 is 64.7 Å². The van der Waals surface area contributed by atoms with Crippen LogP contribution in [-0.2, 0) is 27.3 Å². The average molecular weight is 891 g/mol. The number of nitrogens with zero attached hydrogens (tertiary/aromatic N) is 3. The summed E-state index contributed by atoms with van der Waals surface area (Å²) in [6.45, 7) is 9.55. The molecule has 3 aromatic carbocycles. The molecule has 4 amide bonds. The lowest BCUT2D eigenvalue weighted by atomic mass is 9.85. The lowest BCUT2D eigenvalue weighted by Gasteiger charge is -2.35. The van der Waals surface area contributed by atoms with Gasteiger partial charge >= 0.3 is 0 Å². The predicted octanol–water partition coefficient (Wildman–Crippen LogP) is 5.21. The minimum atomic E-state index is -0.774. The Morgan fingerprint density at radius 2 is 1.63 bits per heavy atom. The highest BCUT2D eigenvalue weighted by Gasteiger charge is 2.43. The van der Waals surface area contributed by atoms with E-state index in [9.17, 15) is 24.3 Å². The number of unbranched alkanes of at least 4 members (excludes halogenated alkanes) is 3. The summed E-state index contributed by atoms with van der Waals surface area (Å²) in [6.07, 6.45) is 3.09. The van der Waals surface area contributed by atoms with Gasteiger partial charge in [-0.25, -0.2) is 9.98 Å². The Hall–Kier alpha value is -5.55. The van der Waals surface area contributed by atoms with E-state index in [1.807, 2.05) is 57.5 Å². The molecule has 0 unspecified atom stereocenters. The number of nitrogens with two attached hydrogens (primary N) is 2. The van der Waals surface area contributed by atoms with Gasteiger partial charge in [0.2, 0.25) is 17.7 Å². The molecule has 0 aliphatic carbocycles. The molecule has 17 heteroatoms. The van der Waals surface area contributed by atoms with Gasteiger partial charge in [-0.05, 0) is 78.7 Å². The SMILES string of the molecule is COc1cc(C(=O)Nc2ccc(CC(=O)NCCCCCCN[C@H](C(=O)N3C[C@H](O)C[C@H]3C(=O)NCc3ccc(-c4scnc4C)cc3)C(C)(C)C)cc2)ccc1N=C(N)N.Cl. The summed E-state index contributed by atoms with van der Waals surface area (Å²) in [5.41, 5.74) is 17.5. The van der Waals surface area contributed by atoms with Crippen molar-refractivity contribution in [2.45, 2.75) is 91.0 Å². The third-order valence-electron chi connectivity index (χ3n) is 10.4. The number of benzene rings is 3. The van der Waals surface area contributed by atoms with Crippen LogP contribution in [0.4, 0.5) is 11.4 Å². The van der Waals surface area contributed by atoms with E-state index in [0.29, 0.717) is 42.3 Å². The molecule has 3 atom stereocenters. The smallest absolute Gasteiger partial charge is 0.255 e. The van der Waals surface area contributed by atoms with Crippen molar-refractivity contribution in [1.82, 2.24) is 25.8 Å². The number of methoxy groups -OCH3 is 1. The number of likely N-dealkylation sites (tertiary alicyclic amines) is 1. The molecule has 1 aliphatic heterocycles. The monoisotopic (exact) mass is 889 g/mol. The minimum absolute atomic E-state index is 0. The Balaban J connectivity index is 0.00000845. The molecule has 5 rings (SSSR count). The molecule has 2 heterocycles. The number of aliphatic hydroxyl groups excluding tert-OH is 1. The van der Waals surface area contributed by atoms with Crippen LogP contribution in [0.15, 0.2) is 77.2 Å². The van der Waals surface area contributed by atoms with Gasteiger partial charge in [-0.15, -0.1) is 23.7 Å². The highest BCUT2D eigenvalue weighted by molar-refractivity contribution is 7.13. The number of aromatic nitrogens is 1. The first-order valence-corrected chi connectivity index (χ1v) is 21.4. The maximum atomic E-state index is 14.0. The number of carbonyl (C=O) groups excluding carboxylic acids is 4. The zero-order chi connectivity index (χ0) is 44.1. The van der Waals surface area contributed by atoms with Crippen molar-refractivity contribution in [3.8, 4) is 16.2 Å². The van der Waals surface area contributed by atoms with Gasteiger partial charge in [0.15, 0.2) is 5.96 Å². The summed E-state index contributed by atoms with van der Waals surface area (Å²) < 4.78 is 5.30. The first-order valence-electron chi connectivity index (χ1n) is 20.6. The lowest BCUT2D eigenvalue weighted by molar-refractivity contribution is -0.142. The van der Waals surface area contributed by atoms with Crippen LogP contribution in [-0.4, -0.2) is 89.5 Å². The fourth-order valence-electron chi connectivity index (χ4n) is 7.18. The molecule has 0 radical (unpaired) electrons. The summed E-state index contributed by atoms with van der Waals surface area (Å²) in [6, 6.07) is 18.5. The molecule has 4 aromatic rings. The van der Waals surface area contributed by atoms with E-state index in [2.05, 4.69) is 31.2 Å². The van der Waals surface area contributed by atoms with Crippen LogP contribution >= 0.6 is 23.7 Å². The van der Waals surface area contributed by atoms with Gasteiger partial charge in [0.05, 0.1) is 41.8 Å². The van der Waals surface area contributed by atoms with Crippen molar-refractivity contribution in [2.75, 3.05) is 32.1 Å². The first kappa shape index (κ1) is 49.1. The van der Waals surface area contributed by atoms with Crippen molar-refractivity contribution in [3.63, 3.8) is 0 Å². The molecule has 1 aromatic heterocycles. The Kier molecular flexibility index (Phi) is 18.3. The molecular formula is C45H60ClN9O6S. The van der Waals surface area contributed by atoms with Crippen LogP contribution in [0.25, 0.3) is 10.4 Å². The predicted molar refractivity (Wildman–Crippen MR) is 247 cm³/mol. The van der Waals surface area contributed by atoms with Gasteiger partial charge < -0.3 is 47.5 Å². The number of anilines is 1. The van der Waals surface area contributed by atoms with Crippen LogP contribution in [0.2, 0.25) is 0 Å². The number of hydrogen-bond acceptors (Lipinski definition) is 10. The molecule has 1 fully saturated rings. The van der Waals surface area contributed by atoms with Crippen molar-refractivity contribution in [1.29, 1.82) is 0 Å². The molecular weight excluding hydrogens is 830 g/mol. The molecule has 9 N–H and O–H groups in total. The molecule has 1 saturated heterocycles. The fourth-order valence-corrected chi connectivity index (χ4v) is 7.99. The normalized spacial score (nSPS) is 15.2.